The smallest absolute Gasteiger partial charge is 0.255 e. The van der Waals surface area contributed by atoms with Crippen LogP contribution in [-0.2, 0) is 23.2 Å². The van der Waals surface area contributed by atoms with E-state index < -0.39 is 17.8 Å². The molecule has 5 rings (SSSR count). The number of imide groups is 1. The van der Waals surface area contributed by atoms with Gasteiger partial charge in [0.25, 0.3) is 5.91 Å². The molecule has 0 spiro atoms. The third-order valence-electron chi connectivity index (χ3n) is 5.87. The van der Waals surface area contributed by atoms with Crippen molar-refractivity contribution in [2.24, 2.45) is 7.05 Å². The number of benzene rings is 2. The Labute approximate surface area is 187 Å². The highest BCUT2D eigenvalue weighted by molar-refractivity contribution is 6.31. The van der Waals surface area contributed by atoms with Crippen molar-refractivity contribution < 1.29 is 18.8 Å². The Balaban J connectivity index is 1.44. The number of rotatable bonds is 3. The molecule has 2 aliphatic rings. The molecule has 9 heteroatoms. The van der Waals surface area contributed by atoms with Gasteiger partial charge in [0, 0.05) is 42.9 Å². The molecule has 0 aliphatic carbocycles. The average Bonchev–Trinajstić information content (AvgIpc) is 3.30. The maximum absolute atomic E-state index is 13.5. The minimum atomic E-state index is -0.652. The number of piperidine rings is 1. The van der Waals surface area contributed by atoms with Crippen molar-refractivity contribution in [1.29, 1.82) is 0 Å². The predicted molar refractivity (Wildman–Crippen MR) is 115 cm³/mol. The van der Waals surface area contributed by atoms with Crippen LogP contribution in [-0.4, -0.2) is 38.2 Å². The van der Waals surface area contributed by atoms with Crippen LogP contribution in [0.5, 0.6) is 0 Å². The normalized spacial score (nSPS) is 18.2. The largest absolute Gasteiger partial charge is 0.333 e. The van der Waals surface area contributed by atoms with Crippen LogP contribution in [0.4, 0.5) is 4.39 Å². The first kappa shape index (κ1) is 20.4. The topological polar surface area (TPSA) is 84.3 Å². The summed E-state index contributed by atoms with van der Waals surface area (Å²) < 4.78 is 15.3. The lowest BCUT2D eigenvalue weighted by Crippen LogP contribution is -2.52. The molecule has 3 aromatic rings. The highest BCUT2D eigenvalue weighted by atomic mass is 35.5. The predicted octanol–water partition coefficient (Wildman–Crippen LogP) is 3.31. The van der Waals surface area contributed by atoms with E-state index in [1.807, 2.05) is 29.9 Å². The first-order valence-electron chi connectivity index (χ1n) is 10.1. The summed E-state index contributed by atoms with van der Waals surface area (Å²) in [5.41, 5.74) is 3.54. The van der Waals surface area contributed by atoms with Gasteiger partial charge in [-0.15, -0.1) is 0 Å². The van der Waals surface area contributed by atoms with Crippen LogP contribution >= 0.6 is 11.6 Å². The fourth-order valence-corrected chi connectivity index (χ4v) is 4.42. The highest BCUT2D eigenvalue weighted by Gasteiger charge is 2.39. The molecular weight excluding hydrogens is 435 g/mol. The molecule has 1 N–H and O–H groups in total. The molecule has 1 saturated heterocycles. The molecule has 3 heterocycles. The van der Waals surface area contributed by atoms with Gasteiger partial charge in [-0.3, -0.25) is 19.7 Å². The van der Waals surface area contributed by atoms with E-state index in [1.165, 1.54) is 17.0 Å². The molecule has 2 aromatic carbocycles. The van der Waals surface area contributed by atoms with Crippen LogP contribution in [0.15, 0.2) is 42.6 Å². The molecular formula is C23H18ClFN4O3. The van der Waals surface area contributed by atoms with Gasteiger partial charge in [0.15, 0.2) is 0 Å². The van der Waals surface area contributed by atoms with Crippen LogP contribution in [0.2, 0.25) is 5.02 Å². The third-order valence-corrected chi connectivity index (χ3v) is 6.16. The number of nitrogens with zero attached hydrogens (tertiary/aromatic N) is 3. The Bertz CT molecular complexity index is 1300. The zero-order valence-electron chi connectivity index (χ0n) is 17.1. The van der Waals surface area contributed by atoms with E-state index in [2.05, 4.69) is 10.3 Å². The Morgan fingerprint density at radius 3 is 2.66 bits per heavy atom. The first-order valence-corrected chi connectivity index (χ1v) is 10.5. The number of carbonyl (C=O) groups excluding carboxylic acids is 3. The van der Waals surface area contributed by atoms with E-state index in [4.69, 9.17) is 11.6 Å². The summed E-state index contributed by atoms with van der Waals surface area (Å²) in [6.07, 6.45) is 2.38. The Morgan fingerprint density at radius 2 is 1.91 bits per heavy atom. The second-order valence-corrected chi connectivity index (χ2v) is 8.37. The van der Waals surface area contributed by atoms with Gasteiger partial charge >= 0.3 is 0 Å². The quantitative estimate of drug-likeness (QED) is 0.618. The number of hydrogen-bond acceptors (Lipinski definition) is 4. The summed E-state index contributed by atoms with van der Waals surface area (Å²) >= 11 is 5.92. The minimum absolute atomic E-state index is 0.0247. The second kappa shape index (κ2) is 7.56. The van der Waals surface area contributed by atoms with E-state index in [-0.39, 0.29) is 23.3 Å². The van der Waals surface area contributed by atoms with E-state index in [9.17, 15) is 18.8 Å². The Hall–Kier alpha value is -3.52. The monoisotopic (exact) mass is 452 g/mol. The third kappa shape index (κ3) is 3.36. The van der Waals surface area contributed by atoms with Gasteiger partial charge in [0.2, 0.25) is 11.8 Å². The minimum Gasteiger partial charge on any atom is -0.333 e. The van der Waals surface area contributed by atoms with Gasteiger partial charge in [0.05, 0.1) is 10.7 Å². The molecule has 0 saturated carbocycles. The van der Waals surface area contributed by atoms with E-state index in [0.717, 1.165) is 11.1 Å². The van der Waals surface area contributed by atoms with E-state index in [1.54, 1.807) is 12.1 Å². The van der Waals surface area contributed by atoms with Crippen LogP contribution < -0.4 is 5.32 Å². The fraction of sp³-hybridized carbons (Fsp3) is 0.217. The maximum atomic E-state index is 13.5. The molecule has 0 radical (unpaired) electrons. The van der Waals surface area contributed by atoms with Gasteiger partial charge in [-0.2, -0.15) is 0 Å². The molecule has 1 unspecified atom stereocenters. The second-order valence-electron chi connectivity index (χ2n) is 7.96. The summed E-state index contributed by atoms with van der Waals surface area (Å²) in [5.74, 6) is -0.831. The lowest BCUT2D eigenvalue weighted by Gasteiger charge is -2.29. The van der Waals surface area contributed by atoms with Crippen molar-refractivity contribution >= 4 is 29.3 Å². The van der Waals surface area contributed by atoms with Crippen molar-refractivity contribution in [2.45, 2.75) is 25.4 Å². The molecule has 0 bridgehead atoms. The average molecular weight is 453 g/mol. The first-order chi connectivity index (χ1) is 15.3. The van der Waals surface area contributed by atoms with Crippen molar-refractivity contribution in [2.75, 3.05) is 0 Å². The van der Waals surface area contributed by atoms with Gasteiger partial charge in [-0.25, -0.2) is 9.37 Å². The molecule has 2 aliphatic heterocycles. The Kier molecular flexibility index (Phi) is 4.82. The summed E-state index contributed by atoms with van der Waals surface area (Å²) in [4.78, 5) is 42.7. The molecule has 162 valence electrons. The van der Waals surface area contributed by atoms with Crippen LogP contribution in [0, 0.1) is 5.82 Å². The zero-order valence-corrected chi connectivity index (χ0v) is 17.8. The highest BCUT2D eigenvalue weighted by Crippen LogP contribution is 2.32. The molecule has 3 amide bonds. The molecule has 1 aromatic heterocycles. The number of hydrogen-bond donors (Lipinski definition) is 1. The van der Waals surface area contributed by atoms with Gasteiger partial charge in [0.1, 0.15) is 17.7 Å². The Morgan fingerprint density at radius 1 is 1.12 bits per heavy atom. The number of fused-ring (bicyclic) bond motifs is 1. The fourth-order valence-electron chi connectivity index (χ4n) is 4.24. The maximum Gasteiger partial charge on any atom is 0.255 e. The van der Waals surface area contributed by atoms with Crippen LogP contribution in [0.25, 0.3) is 22.6 Å². The van der Waals surface area contributed by atoms with Gasteiger partial charge in [-0.1, -0.05) is 17.7 Å². The van der Waals surface area contributed by atoms with Crippen LogP contribution in [0.1, 0.15) is 28.8 Å². The molecule has 1 fully saturated rings. The molecule has 7 nitrogen and oxygen atoms in total. The van der Waals surface area contributed by atoms with Crippen molar-refractivity contribution in [1.82, 2.24) is 19.8 Å². The summed E-state index contributed by atoms with van der Waals surface area (Å²) in [5, 5.41) is 2.33. The van der Waals surface area contributed by atoms with Gasteiger partial charge in [-0.05, 0) is 42.3 Å². The number of imidazole rings is 1. The van der Waals surface area contributed by atoms with Gasteiger partial charge < -0.3 is 9.47 Å². The number of nitrogens with one attached hydrogen (secondary N) is 1. The lowest BCUT2D eigenvalue weighted by molar-refractivity contribution is -0.136. The summed E-state index contributed by atoms with van der Waals surface area (Å²) in [7, 11) is 1.84. The number of carbonyl (C=O) groups is 3. The SMILES string of the molecule is Cn1cc(-c2ccc3c(c2)CN(C2CCC(=O)NC2=O)C3=O)nc1-c1ccc(F)c(Cl)c1. The summed E-state index contributed by atoms with van der Waals surface area (Å²) in [6, 6.07) is 9.24. The number of amides is 3. The lowest BCUT2D eigenvalue weighted by atomic mass is 10.0. The molecule has 32 heavy (non-hydrogen) atoms. The standard InChI is InChI=1S/C23H18ClFN4O3/c1-28-11-18(26-21(28)13-3-5-17(25)16(24)9-13)12-2-4-15-14(8-12)10-29(23(15)32)19-6-7-20(30)27-22(19)31/h2-5,8-9,11,19H,6-7,10H2,1H3,(H,27,30,31). The van der Waals surface area contributed by atoms with E-state index >= 15 is 0 Å². The summed E-state index contributed by atoms with van der Waals surface area (Å²) in [6.45, 7) is 0.293. The number of aryl methyl sites for hydroxylation is 1. The van der Waals surface area contributed by atoms with Crippen molar-refractivity contribution in [3.05, 3.63) is 64.6 Å². The number of aromatic nitrogens is 2. The molecule has 1 atom stereocenters. The van der Waals surface area contributed by atoms with Crippen molar-refractivity contribution in [3.8, 4) is 22.6 Å². The van der Waals surface area contributed by atoms with E-state index in [0.29, 0.717) is 35.6 Å². The number of halogens is 2. The zero-order chi connectivity index (χ0) is 22.6. The van der Waals surface area contributed by atoms with Crippen molar-refractivity contribution in [3.63, 3.8) is 0 Å². The van der Waals surface area contributed by atoms with Crippen LogP contribution in [0.3, 0.4) is 0 Å².